The second kappa shape index (κ2) is 4.80. The smallest absolute Gasteiger partial charge is 0.289 e. The van der Waals surface area contributed by atoms with Crippen LogP contribution in [-0.4, -0.2) is 26.8 Å². The SMILES string of the molecule is Cc1cc(C)nc(SCC(N)=[NH+]O)n1. The predicted octanol–water partition coefficient (Wildman–Crippen LogP) is -0.987. The number of aryl methyl sites for hydroxylation is 2. The van der Waals surface area contributed by atoms with E-state index >= 15 is 0 Å². The fourth-order valence-corrected chi connectivity index (χ4v) is 1.70. The van der Waals surface area contributed by atoms with Gasteiger partial charge in [0.1, 0.15) is 5.75 Å². The Morgan fingerprint density at radius 2 is 2.07 bits per heavy atom. The number of nitrogens with zero attached hydrogens (tertiary/aromatic N) is 2. The zero-order valence-electron chi connectivity index (χ0n) is 8.11. The molecule has 0 spiro atoms. The summed E-state index contributed by atoms with van der Waals surface area (Å²) < 4.78 is 0. The third-order valence-electron chi connectivity index (χ3n) is 1.46. The van der Waals surface area contributed by atoms with Gasteiger partial charge in [0.2, 0.25) is 0 Å². The average Bonchev–Trinajstić information content (AvgIpc) is 2.12. The third-order valence-corrected chi connectivity index (χ3v) is 2.36. The summed E-state index contributed by atoms with van der Waals surface area (Å²) in [5.41, 5.74) is 7.23. The van der Waals surface area contributed by atoms with Crippen LogP contribution in [0.5, 0.6) is 0 Å². The van der Waals surface area contributed by atoms with Crippen molar-refractivity contribution in [1.29, 1.82) is 0 Å². The van der Waals surface area contributed by atoms with Gasteiger partial charge >= 0.3 is 0 Å². The molecule has 1 heterocycles. The molecule has 76 valence electrons. The van der Waals surface area contributed by atoms with Crippen molar-refractivity contribution in [2.45, 2.75) is 19.0 Å². The van der Waals surface area contributed by atoms with Crippen LogP contribution < -0.4 is 10.9 Å². The molecule has 1 aromatic heterocycles. The van der Waals surface area contributed by atoms with Crippen molar-refractivity contribution in [3.05, 3.63) is 17.5 Å². The third kappa shape index (κ3) is 3.21. The normalized spacial score (nSPS) is 11.7. The van der Waals surface area contributed by atoms with E-state index < -0.39 is 0 Å². The minimum Gasteiger partial charge on any atom is -0.357 e. The Labute approximate surface area is 86.4 Å². The molecule has 14 heavy (non-hydrogen) atoms. The van der Waals surface area contributed by atoms with Crippen LogP contribution in [0.4, 0.5) is 0 Å². The van der Waals surface area contributed by atoms with E-state index in [1.807, 2.05) is 25.1 Å². The van der Waals surface area contributed by atoms with E-state index in [-0.39, 0.29) is 5.84 Å². The summed E-state index contributed by atoms with van der Waals surface area (Å²) in [4.78, 5) is 8.43. The van der Waals surface area contributed by atoms with E-state index in [0.29, 0.717) is 10.9 Å². The molecule has 0 unspecified atom stereocenters. The molecule has 0 aliphatic heterocycles. The number of hydrogen-bond acceptors (Lipinski definition) is 4. The van der Waals surface area contributed by atoms with Gasteiger partial charge in [0, 0.05) is 11.4 Å². The predicted molar refractivity (Wildman–Crippen MR) is 54.2 cm³/mol. The van der Waals surface area contributed by atoms with Crippen molar-refractivity contribution >= 4 is 17.6 Å². The molecular weight excluding hydrogens is 200 g/mol. The molecule has 0 aliphatic carbocycles. The van der Waals surface area contributed by atoms with Crippen LogP contribution >= 0.6 is 11.8 Å². The Morgan fingerprint density at radius 1 is 1.50 bits per heavy atom. The lowest BCUT2D eigenvalue weighted by molar-refractivity contribution is -0.738. The molecule has 1 rings (SSSR count). The van der Waals surface area contributed by atoms with Crippen molar-refractivity contribution in [2.24, 2.45) is 5.73 Å². The summed E-state index contributed by atoms with van der Waals surface area (Å²) in [6, 6.07) is 1.90. The summed E-state index contributed by atoms with van der Waals surface area (Å²) >= 11 is 1.37. The summed E-state index contributed by atoms with van der Waals surface area (Å²) in [6.07, 6.45) is 0. The lowest BCUT2D eigenvalue weighted by Crippen LogP contribution is -2.72. The first-order valence-electron chi connectivity index (χ1n) is 4.08. The number of thioether (sulfide) groups is 1. The van der Waals surface area contributed by atoms with Gasteiger partial charge in [0.25, 0.3) is 5.84 Å². The van der Waals surface area contributed by atoms with Crippen LogP contribution in [0.1, 0.15) is 11.4 Å². The molecule has 0 saturated heterocycles. The number of nitrogens with two attached hydrogens (primary N) is 1. The summed E-state index contributed by atoms with van der Waals surface area (Å²) in [5.74, 6) is 0.733. The second-order valence-corrected chi connectivity index (χ2v) is 3.80. The topological polar surface area (TPSA) is 86.0 Å². The highest BCUT2D eigenvalue weighted by molar-refractivity contribution is 7.99. The van der Waals surface area contributed by atoms with E-state index in [4.69, 9.17) is 10.9 Å². The minimum absolute atomic E-state index is 0.290. The molecule has 0 bridgehead atoms. The lowest BCUT2D eigenvalue weighted by Gasteiger charge is -2.00. The zero-order chi connectivity index (χ0) is 10.6. The van der Waals surface area contributed by atoms with E-state index in [1.165, 1.54) is 11.8 Å². The number of hydrogen-bond donors (Lipinski definition) is 3. The summed E-state index contributed by atoms with van der Waals surface area (Å²) in [5, 5.41) is 11.0. The molecule has 0 saturated carbocycles. The van der Waals surface area contributed by atoms with Gasteiger partial charge in [-0.25, -0.2) is 9.97 Å². The Morgan fingerprint density at radius 3 is 2.57 bits per heavy atom. The van der Waals surface area contributed by atoms with Crippen LogP contribution in [0.3, 0.4) is 0 Å². The lowest BCUT2D eigenvalue weighted by atomic mass is 10.4. The van der Waals surface area contributed by atoms with Gasteiger partial charge in [-0.1, -0.05) is 16.9 Å². The number of rotatable bonds is 3. The molecule has 5 nitrogen and oxygen atoms in total. The largest absolute Gasteiger partial charge is 0.357 e. The highest BCUT2D eigenvalue weighted by atomic mass is 32.2. The zero-order valence-corrected chi connectivity index (χ0v) is 8.93. The number of aromatic nitrogens is 2. The number of nitrogens with one attached hydrogen (secondary N) is 1. The average molecular weight is 213 g/mol. The maximum atomic E-state index is 8.46. The molecule has 4 N–H and O–H groups in total. The quantitative estimate of drug-likeness (QED) is 0.150. The molecule has 6 heteroatoms. The van der Waals surface area contributed by atoms with E-state index in [2.05, 4.69) is 9.97 Å². The van der Waals surface area contributed by atoms with Gasteiger partial charge in [-0.05, 0) is 19.9 Å². The molecule has 0 aromatic carbocycles. The fourth-order valence-electron chi connectivity index (χ4n) is 0.933. The first-order chi connectivity index (χ1) is 6.61. The molecule has 0 radical (unpaired) electrons. The second-order valence-electron chi connectivity index (χ2n) is 2.86. The molecule has 0 fully saturated rings. The molecular formula is C8H13N4OS+. The first-order valence-corrected chi connectivity index (χ1v) is 5.07. The summed E-state index contributed by atoms with van der Waals surface area (Å²) in [6.45, 7) is 3.83. The highest BCUT2D eigenvalue weighted by Crippen LogP contribution is 2.12. The number of amidine groups is 1. The van der Waals surface area contributed by atoms with Crippen LogP contribution in [-0.2, 0) is 0 Å². The van der Waals surface area contributed by atoms with Crippen LogP contribution in [0.25, 0.3) is 0 Å². The van der Waals surface area contributed by atoms with Crippen molar-refractivity contribution < 1.29 is 10.4 Å². The summed E-state index contributed by atoms with van der Waals surface area (Å²) in [7, 11) is 0. The van der Waals surface area contributed by atoms with Gasteiger partial charge in [-0.15, -0.1) is 0 Å². The van der Waals surface area contributed by atoms with Gasteiger partial charge in [0.15, 0.2) is 5.16 Å². The van der Waals surface area contributed by atoms with Crippen LogP contribution in [0.2, 0.25) is 0 Å². The molecule has 0 amide bonds. The van der Waals surface area contributed by atoms with Crippen LogP contribution in [0, 0.1) is 13.8 Å². The van der Waals surface area contributed by atoms with Gasteiger partial charge < -0.3 is 5.21 Å². The minimum atomic E-state index is 0.290. The van der Waals surface area contributed by atoms with Crippen molar-refractivity contribution in [3.63, 3.8) is 0 Å². The maximum Gasteiger partial charge on any atom is 0.289 e. The Balaban J connectivity index is 2.67. The van der Waals surface area contributed by atoms with Crippen LogP contribution in [0.15, 0.2) is 11.2 Å². The fraction of sp³-hybridized carbons (Fsp3) is 0.375. The monoisotopic (exact) mass is 213 g/mol. The van der Waals surface area contributed by atoms with E-state index in [9.17, 15) is 0 Å². The van der Waals surface area contributed by atoms with Gasteiger partial charge in [0.05, 0.1) is 0 Å². The Bertz CT molecular complexity index is 333. The van der Waals surface area contributed by atoms with Gasteiger partial charge in [-0.2, -0.15) is 0 Å². The molecule has 1 aromatic rings. The van der Waals surface area contributed by atoms with E-state index in [1.54, 1.807) is 0 Å². The van der Waals surface area contributed by atoms with Crippen molar-refractivity contribution in [3.8, 4) is 0 Å². The Kier molecular flexibility index (Phi) is 3.70. The first kappa shape index (κ1) is 10.8. The van der Waals surface area contributed by atoms with Gasteiger partial charge in [-0.3, -0.25) is 5.73 Å². The van der Waals surface area contributed by atoms with E-state index in [0.717, 1.165) is 11.4 Å². The van der Waals surface area contributed by atoms with Crippen molar-refractivity contribution in [1.82, 2.24) is 9.97 Å². The van der Waals surface area contributed by atoms with Crippen molar-refractivity contribution in [2.75, 3.05) is 5.75 Å². The Hall–Kier alpha value is -1.30. The standard InChI is InChI=1S/C8H12N4OS/c1-5-3-6(2)11-8(10-5)14-4-7(9)12-13/h3,13H,4H2,1-2H3,(H2,9,12)/p+1. The maximum absolute atomic E-state index is 8.46. The molecule has 0 atom stereocenters. The highest BCUT2D eigenvalue weighted by Gasteiger charge is 2.04. The molecule has 0 aliphatic rings.